The van der Waals surface area contributed by atoms with Gasteiger partial charge in [0.15, 0.2) is 5.58 Å². The van der Waals surface area contributed by atoms with Gasteiger partial charge >= 0.3 is 10.7 Å². The van der Waals surface area contributed by atoms with E-state index in [1.54, 1.807) is 19.1 Å². The fraction of sp³-hybridized carbons (Fsp3) is 0.0833. The average molecular weight is 460 g/mol. The van der Waals surface area contributed by atoms with Gasteiger partial charge in [0, 0.05) is 23.4 Å². The van der Waals surface area contributed by atoms with Gasteiger partial charge in [-0.15, -0.1) is 0 Å². The molecule has 33 heavy (non-hydrogen) atoms. The number of amides is 1. The minimum Gasteiger partial charge on any atom is -0.436 e. The summed E-state index contributed by atoms with van der Waals surface area (Å²) in [6.45, 7) is 1.73. The van der Waals surface area contributed by atoms with Crippen molar-refractivity contribution in [2.75, 3.05) is 5.32 Å². The van der Waals surface area contributed by atoms with Crippen LogP contribution < -0.4 is 15.6 Å². The molecule has 5 aromatic rings. The predicted molar refractivity (Wildman–Crippen MR) is 124 cm³/mol. The minimum atomic E-state index is -0.546. The Kier molecular flexibility index (Phi) is 5.54. The molecule has 1 atom stereocenters. The Bertz CT molecular complexity index is 1440. The van der Waals surface area contributed by atoms with Gasteiger partial charge in [-0.05, 0) is 65.0 Å². The van der Waals surface area contributed by atoms with Crippen molar-refractivity contribution < 1.29 is 18.4 Å². The zero-order valence-electron chi connectivity index (χ0n) is 17.5. The fourth-order valence-electron chi connectivity index (χ4n) is 3.27. The van der Waals surface area contributed by atoms with Crippen LogP contribution in [0.3, 0.4) is 0 Å². The number of para-hydroxylation sites is 3. The van der Waals surface area contributed by atoms with Crippen LogP contribution in [0.25, 0.3) is 28.2 Å². The molecule has 0 saturated carbocycles. The van der Waals surface area contributed by atoms with Gasteiger partial charge < -0.3 is 9.73 Å². The smallest absolute Gasteiger partial charge is 0.436 e. The van der Waals surface area contributed by atoms with Gasteiger partial charge in [0.05, 0.1) is 5.25 Å². The normalized spacial score (nSPS) is 12.0. The molecule has 3 aromatic carbocycles. The largest absolute Gasteiger partial charge is 0.442 e. The number of nitrogens with one attached hydrogen (secondary N) is 2. The van der Waals surface area contributed by atoms with Crippen LogP contribution in [0, 0.1) is 0 Å². The van der Waals surface area contributed by atoms with Crippen molar-refractivity contribution in [2.24, 2.45) is 0 Å². The number of fused-ring (bicyclic) bond motifs is 1. The number of nitrogens with zero attached hydrogens (tertiary/aromatic N) is 2. The van der Waals surface area contributed by atoms with Gasteiger partial charge in [-0.2, -0.15) is 0 Å². The van der Waals surface area contributed by atoms with E-state index in [2.05, 4.69) is 15.6 Å². The topological polar surface area (TPSA) is 105 Å². The first-order valence-electron chi connectivity index (χ1n) is 10.2. The first-order valence-corrected chi connectivity index (χ1v) is 11.1. The predicted octanol–water partition coefficient (Wildman–Crippen LogP) is 4.17. The number of anilines is 1. The second-order valence-electron chi connectivity index (χ2n) is 7.27. The summed E-state index contributed by atoms with van der Waals surface area (Å²) in [4.78, 5) is 29.4. The molecule has 0 saturated heterocycles. The number of aromatic nitrogens is 3. The van der Waals surface area contributed by atoms with E-state index in [9.17, 15) is 9.59 Å². The van der Waals surface area contributed by atoms with Gasteiger partial charge in [0.1, 0.15) is 5.52 Å². The molecule has 0 spiro atoms. The molecular formula is C24H19N4O4S+. The third-order valence-electron chi connectivity index (χ3n) is 4.97. The molecule has 164 valence electrons. The summed E-state index contributed by atoms with van der Waals surface area (Å²) < 4.78 is 12.2. The third-order valence-corrected chi connectivity index (χ3v) is 6.11. The molecular weight excluding hydrogens is 440 g/mol. The molecule has 0 bridgehead atoms. The van der Waals surface area contributed by atoms with Crippen molar-refractivity contribution in [1.29, 1.82) is 0 Å². The minimum absolute atomic E-state index is 0.241. The van der Waals surface area contributed by atoms with E-state index in [4.69, 9.17) is 8.94 Å². The van der Waals surface area contributed by atoms with Gasteiger partial charge in [-0.1, -0.05) is 30.3 Å². The van der Waals surface area contributed by atoms with E-state index in [0.29, 0.717) is 11.6 Å². The number of rotatable bonds is 6. The van der Waals surface area contributed by atoms with Crippen LogP contribution in [0.15, 0.2) is 97.6 Å². The Balaban J connectivity index is 1.28. The maximum Gasteiger partial charge on any atom is 0.442 e. The summed E-state index contributed by atoms with van der Waals surface area (Å²) in [5.74, 6) is 0.275. The molecule has 2 heterocycles. The average Bonchev–Trinajstić information content (AvgIpc) is 3.44. The molecule has 2 N–H and O–H groups in total. The van der Waals surface area contributed by atoms with Crippen LogP contribution >= 0.6 is 11.8 Å². The third kappa shape index (κ3) is 4.31. The molecule has 1 unspecified atom stereocenters. The number of carbonyl (C=O) groups excluding carboxylic acids is 1. The lowest BCUT2D eigenvalue weighted by Crippen LogP contribution is -2.37. The standard InChI is InChI=1S/C24H18N4O4S/c1-15(33-23-24(30)32-27-28(23)18-7-3-2-4-8-18)21(29)25-17-13-11-16(12-14-17)22-26-19-9-5-6-10-20(19)31-22/h2-15H,1H3,(H-,25,26,27,29,30)/p+1. The van der Waals surface area contributed by atoms with Crippen molar-refractivity contribution in [3.8, 4) is 17.1 Å². The van der Waals surface area contributed by atoms with Crippen LogP contribution in [0.5, 0.6) is 0 Å². The summed E-state index contributed by atoms with van der Waals surface area (Å²) in [5.41, 5.74) is 3.14. The number of hydrogen-bond acceptors (Lipinski definition) is 6. The monoisotopic (exact) mass is 459 g/mol. The van der Waals surface area contributed by atoms with Crippen molar-refractivity contribution in [1.82, 2.24) is 10.3 Å². The maximum absolute atomic E-state index is 12.8. The van der Waals surface area contributed by atoms with Crippen molar-refractivity contribution in [3.63, 3.8) is 0 Å². The Hall–Kier alpha value is -4.11. The van der Waals surface area contributed by atoms with Crippen LogP contribution in [-0.2, 0) is 4.79 Å². The molecule has 5 rings (SSSR count). The molecule has 8 nitrogen and oxygen atoms in total. The first kappa shape index (κ1) is 20.8. The number of thioether (sulfide) groups is 1. The van der Waals surface area contributed by atoms with E-state index < -0.39 is 10.9 Å². The lowest BCUT2D eigenvalue weighted by atomic mass is 10.2. The van der Waals surface area contributed by atoms with Crippen LogP contribution in [0.1, 0.15) is 6.92 Å². The molecule has 1 amide bonds. The summed E-state index contributed by atoms with van der Waals surface area (Å²) >= 11 is 1.12. The van der Waals surface area contributed by atoms with Crippen LogP contribution in [0.4, 0.5) is 5.69 Å². The number of benzene rings is 3. The highest BCUT2D eigenvalue weighted by Gasteiger charge is 2.29. The van der Waals surface area contributed by atoms with E-state index in [0.717, 1.165) is 34.1 Å². The molecule has 0 radical (unpaired) electrons. The van der Waals surface area contributed by atoms with Crippen LogP contribution in [0.2, 0.25) is 0 Å². The molecule has 0 aliphatic rings. The Morgan fingerprint density at radius 3 is 2.52 bits per heavy atom. The van der Waals surface area contributed by atoms with Crippen molar-refractivity contribution in [2.45, 2.75) is 17.2 Å². The quantitative estimate of drug-likeness (QED) is 0.292. The zero-order valence-corrected chi connectivity index (χ0v) is 18.3. The fourth-order valence-corrected chi connectivity index (χ4v) is 4.15. The summed E-state index contributed by atoms with van der Waals surface area (Å²) in [7, 11) is 0. The van der Waals surface area contributed by atoms with E-state index in [1.165, 1.54) is 4.68 Å². The molecule has 9 heteroatoms. The van der Waals surface area contributed by atoms with Gasteiger partial charge in [-0.3, -0.25) is 9.32 Å². The number of carbonyl (C=O) groups is 1. The molecule has 0 fully saturated rings. The molecule has 0 aliphatic carbocycles. The second-order valence-corrected chi connectivity index (χ2v) is 8.60. The maximum atomic E-state index is 12.8. The number of aromatic amines is 1. The number of oxazole rings is 1. The Labute approximate surface area is 192 Å². The van der Waals surface area contributed by atoms with Crippen LogP contribution in [-0.4, -0.2) is 21.4 Å². The van der Waals surface area contributed by atoms with Gasteiger partial charge in [0.2, 0.25) is 17.5 Å². The first-order chi connectivity index (χ1) is 16.1. The van der Waals surface area contributed by atoms with Gasteiger partial charge in [-0.25, -0.2) is 9.78 Å². The number of hydrogen-bond donors (Lipinski definition) is 2. The molecule has 0 aliphatic heterocycles. The lowest BCUT2D eigenvalue weighted by Gasteiger charge is -2.09. The van der Waals surface area contributed by atoms with Crippen molar-refractivity contribution >= 4 is 34.5 Å². The SMILES string of the molecule is CC(Sc1c(=O)o[nH][n+]1-c1ccccc1)C(=O)Nc1ccc(-c2nc3ccccc3o2)cc1. The summed E-state index contributed by atoms with van der Waals surface area (Å²) in [6.07, 6.45) is 0. The molecule has 2 aromatic heterocycles. The van der Waals surface area contributed by atoms with E-state index >= 15 is 0 Å². The zero-order chi connectivity index (χ0) is 22.8. The van der Waals surface area contributed by atoms with E-state index in [-0.39, 0.29) is 10.9 Å². The Morgan fingerprint density at radius 1 is 1.03 bits per heavy atom. The number of H-pyrrole nitrogens is 1. The second kappa shape index (κ2) is 8.79. The highest BCUT2D eigenvalue weighted by Crippen LogP contribution is 2.26. The lowest BCUT2D eigenvalue weighted by molar-refractivity contribution is -0.704. The Morgan fingerprint density at radius 2 is 1.76 bits per heavy atom. The highest BCUT2D eigenvalue weighted by atomic mass is 32.2. The summed E-state index contributed by atoms with van der Waals surface area (Å²) in [6, 6.07) is 24.0. The van der Waals surface area contributed by atoms with E-state index in [1.807, 2.05) is 66.7 Å². The van der Waals surface area contributed by atoms with Crippen molar-refractivity contribution in [3.05, 3.63) is 89.3 Å². The highest BCUT2D eigenvalue weighted by molar-refractivity contribution is 8.00. The summed E-state index contributed by atoms with van der Waals surface area (Å²) in [5, 5.41) is 5.19. The van der Waals surface area contributed by atoms with Gasteiger partial charge in [0.25, 0.3) is 0 Å².